The molecule has 0 unspecified atom stereocenters. The van der Waals surface area contributed by atoms with Crippen LogP contribution in [0.15, 0.2) is 23.1 Å². The number of nitrogens with zero attached hydrogens (tertiary/aromatic N) is 1. The van der Waals surface area contributed by atoms with Crippen LogP contribution < -0.4 is 9.47 Å². The number of rotatable bonds is 6. The van der Waals surface area contributed by atoms with Gasteiger partial charge < -0.3 is 14.2 Å². The van der Waals surface area contributed by atoms with Crippen LogP contribution in [0.4, 0.5) is 4.79 Å². The summed E-state index contributed by atoms with van der Waals surface area (Å²) in [6.07, 6.45) is 1.46. The van der Waals surface area contributed by atoms with E-state index in [2.05, 4.69) is 4.74 Å². The number of imide groups is 1. The van der Waals surface area contributed by atoms with Crippen molar-refractivity contribution in [2.75, 3.05) is 14.2 Å². The fraction of sp³-hybridized carbons (Fsp3) is 0.389. The number of esters is 1. The van der Waals surface area contributed by atoms with E-state index in [1.54, 1.807) is 24.3 Å². The lowest BCUT2D eigenvalue weighted by atomic mass is 10.1. The number of carbonyl (C=O) groups excluding carboxylic acids is 3. The fourth-order valence-electron chi connectivity index (χ4n) is 2.40. The molecule has 8 heteroatoms. The van der Waals surface area contributed by atoms with Gasteiger partial charge in [-0.1, -0.05) is 12.1 Å². The second-order valence-corrected chi connectivity index (χ2v) is 6.79. The molecule has 0 aliphatic carbocycles. The lowest BCUT2D eigenvalue weighted by molar-refractivity contribution is -0.148. The summed E-state index contributed by atoms with van der Waals surface area (Å²) in [5.41, 5.74) is 0.606. The number of amides is 2. The van der Waals surface area contributed by atoms with Crippen molar-refractivity contribution in [1.29, 1.82) is 0 Å². The third-order valence-electron chi connectivity index (χ3n) is 3.62. The maximum atomic E-state index is 12.6. The lowest BCUT2D eigenvalue weighted by Crippen LogP contribution is -2.42. The number of hydrogen-bond donors (Lipinski definition) is 0. The third-order valence-corrected chi connectivity index (χ3v) is 4.51. The maximum Gasteiger partial charge on any atom is 0.328 e. The summed E-state index contributed by atoms with van der Waals surface area (Å²) in [6, 6.07) is 4.28. The number of benzene rings is 1. The summed E-state index contributed by atoms with van der Waals surface area (Å²) in [6.45, 7) is 5.20. The molecule has 0 bridgehead atoms. The van der Waals surface area contributed by atoms with Gasteiger partial charge in [-0.25, -0.2) is 4.79 Å². The third kappa shape index (κ3) is 4.01. The van der Waals surface area contributed by atoms with E-state index < -0.39 is 23.2 Å². The van der Waals surface area contributed by atoms with E-state index in [1.807, 2.05) is 13.8 Å². The molecule has 0 saturated carbocycles. The zero-order valence-corrected chi connectivity index (χ0v) is 16.1. The first-order chi connectivity index (χ1) is 12.3. The van der Waals surface area contributed by atoms with Gasteiger partial charge in [0.05, 0.1) is 25.2 Å². The van der Waals surface area contributed by atoms with Crippen molar-refractivity contribution in [2.45, 2.75) is 32.9 Å². The molecule has 1 aromatic carbocycles. The first-order valence-electron chi connectivity index (χ1n) is 7.98. The van der Waals surface area contributed by atoms with E-state index in [0.717, 1.165) is 16.7 Å². The van der Waals surface area contributed by atoms with Crippen LogP contribution >= 0.6 is 11.8 Å². The molecule has 0 spiro atoms. The molecule has 26 heavy (non-hydrogen) atoms. The SMILES string of the molecule is COC(=O)[C@H](C)N1C(=O)S/C(=C/c2cccc(OC)c2OC(C)C)C1=O. The molecule has 1 atom stereocenters. The molecule has 0 N–H and O–H groups in total. The summed E-state index contributed by atoms with van der Waals surface area (Å²) in [7, 11) is 2.73. The van der Waals surface area contributed by atoms with Crippen molar-refractivity contribution >= 4 is 35.0 Å². The number of hydrogen-bond acceptors (Lipinski definition) is 7. The van der Waals surface area contributed by atoms with Crippen molar-refractivity contribution in [2.24, 2.45) is 0 Å². The van der Waals surface area contributed by atoms with Crippen LogP contribution in [-0.4, -0.2) is 48.4 Å². The van der Waals surface area contributed by atoms with Crippen molar-refractivity contribution < 1.29 is 28.6 Å². The average Bonchev–Trinajstić information content (AvgIpc) is 2.88. The standard InChI is InChI=1S/C18H21NO6S/c1-10(2)25-15-12(7-6-8-13(15)23-4)9-14-16(20)19(18(22)26-14)11(3)17(21)24-5/h6-11H,1-5H3/b14-9+/t11-/m0/s1. The molecular weight excluding hydrogens is 358 g/mol. The molecule has 2 amide bonds. The van der Waals surface area contributed by atoms with Gasteiger partial charge in [0.15, 0.2) is 11.5 Å². The second-order valence-electron chi connectivity index (χ2n) is 5.80. The Hall–Kier alpha value is -2.48. The molecule has 1 fully saturated rings. The minimum atomic E-state index is -0.991. The molecule has 0 aromatic heterocycles. The smallest absolute Gasteiger partial charge is 0.328 e. The van der Waals surface area contributed by atoms with Gasteiger partial charge in [-0.05, 0) is 44.7 Å². The molecule has 1 saturated heterocycles. The van der Waals surface area contributed by atoms with Gasteiger partial charge in [-0.3, -0.25) is 14.5 Å². The molecule has 0 radical (unpaired) electrons. The van der Waals surface area contributed by atoms with E-state index in [4.69, 9.17) is 9.47 Å². The van der Waals surface area contributed by atoms with Crippen molar-refractivity contribution in [1.82, 2.24) is 4.90 Å². The molecule has 1 aromatic rings. The number of methoxy groups -OCH3 is 2. The Morgan fingerprint density at radius 1 is 1.19 bits per heavy atom. The first kappa shape index (κ1) is 19.8. The van der Waals surface area contributed by atoms with Crippen LogP contribution in [0.5, 0.6) is 11.5 Å². The molecule has 1 heterocycles. The Balaban J connectivity index is 2.40. The highest BCUT2D eigenvalue weighted by atomic mass is 32.2. The zero-order chi connectivity index (χ0) is 19.4. The van der Waals surface area contributed by atoms with Gasteiger partial charge in [-0.2, -0.15) is 0 Å². The van der Waals surface area contributed by atoms with Gasteiger partial charge in [0.1, 0.15) is 6.04 Å². The normalized spacial score (nSPS) is 17.0. The van der Waals surface area contributed by atoms with Crippen molar-refractivity contribution in [3.05, 3.63) is 28.7 Å². The highest BCUT2D eigenvalue weighted by Gasteiger charge is 2.41. The predicted octanol–water partition coefficient (Wildman–Crippen LogP) is 3.08. The zero-order valence-electron chi connectivity index (χ0n) is 15.3. The molecule has 7 nitrogen and oxygen atoms in total. The van der Waals surface area contributed by atoms with Gasteiger partial charge in [-0.15, -0.1) is 0 Å². The maximum absolute atomic E-state index is 12.6. The minimum absolute atomic E-state index is 0.104. The summed E-state index contributed by atoms with van der Waals surface area (Å²) < 4.78 is 15.7. The number of carbonyl (C=O) groups is 3. The summed E-state index contributed by atoms with van der Waals surface area (Å²) >= 11 is 0.768. The summed E-state index contributed by atoms with van der Waals surface area (Å²) in [4.78, 5) is 37.6. The predicted molar refractivity (Wildman–Crippen MR) is 98.0 cm³/mol. The Labute approximate surface area is 156 Å². The Kier molecular flexibility index (Phi) is 6.31. The van der Waals surface area contributed by atoms with Crippen LogP contribution in [-0.2, 0) is 14.3 Å². The lowest BCUT2D eigenvalue weighted by Gasteiger charge is -2.18. The van der Waals surface area contributed by atoms with Gasteiger partial charge in [0, 0.05) is 5.56 Å². The van der Waals surface area contributed by atoms with Crippen LogP contribution in [0.1, 0.15) is 26.3 Å². The van der Waals surface area contributed by atoms with Gasteiger partial charge >= 0.3 is 5.97 Å². The average molecular weight is 379 g/mol. The van der Waals surface area contributed by atoms with E-state index in [9.17, 15) is 14.4 Å². The largest absolute Gasteiger partial charge is 0.493 e. The molecular formula is C18H21NO6S. The highest BCUT2D eigenvalue weighted by Crippen LogP contribution is 2.38. The Morgan fingerprint density at radius 3 is 2.46 bits per heavy atom. The highest BCUT2D eigenvalue weighted by molar-refractivity contribution is 8.18. The second kappa shape index (κ2) is 8.27. The minimum Gasteiger partial charge on any atom is -0.493 e. The monoisotopic (exact) mass is 379 g/mol. The van der Waals surface area contributed by atoms with Gasteiger partial charge in [0.25, 0.3) is 11.1 Å². The van der Waals surface area contributed by atoms with E-state index in [0.29, 0.717) is 17.1 Å². The molecule has 1 aliphatic heterocycles. The number of para-hydroxylation sites is 1. The topological polar surface area (TPSA) is 82.1 Å². The van der Waals surface area contributed by atoms with E-state index in [-0.39, 0.29) is 11.0 Å². The fourth-order valence-corrected chi connectivity index (χ4v) is 3.30. The van der Waals surface area contributed by atoms with Crippen LogP contribution in [0, 0.1) is 0 Å². The molecule has 140 valence electrons. The first-order valence-corrected chi connectivity index (χ1v) is 8.80. The molecule has 2 rings (SSSR count). The molecule has 1 aliphatic rings. The quantitative estimate of drug-likeness (QED) is 0.555. The van der Waals surface area contributed by atoms with Crippen molar-refractivity contribution in [3.8, 4) is 11.5 Å². The Bertz CT molecular complexity index is 758. The number of thioether (sulfide) groups is 1. The van der Waals surface area contributed by atoms with Crippen LogP contribution in [0.2, 0.25) is 0 Å². The van der Waals surface area contributed by atoms with E-state index in [1.165, 1.54) is 21.1 Å². The Morgan fingerprint density at radius 2 is 1.88 bits per heavy atom. The van der Waals surface area contributed by atoms with Crippen LogP contribution in [0.3, 0.4) is 0 Å². The number of ether oxygens (including phenoxy) is 3. The van der Waals surface area contributed by atoms with Gasteiger partial charge in [0.2, 0.25) is 0 Å². The van der Waals surface area contributed by atoms with Crippen molar-refractivity contribution in [3.63, 3.8) is 0 Å². The van der Waals surface area contributed by atoms with Crippen LogP contribution in [0.25, 0.3) is 6.08 Å². The summed E-state index contributed by atoms with van der Waals surface area (Å²) in [5, 5.41) is -0.520. The van der Waals surface area contributed by atoms with E-state index >= 15 is 0 Å². The summed E-state index contributed by atoms with van der Waals surface area (Å²) in [5.74, 6) is -0.192.